The number of aryl methyl sites for hydroxylation is 1. The van der Waals surface area contributed by atoms with Gasteiger partial charge in [0.25, 0.3) is 0 Å². The fourth-order valence-electron chi connectivity index (χ4n) is 1.55. The SMILES string of the molecule is Cc1nc(N(C)C(C)C)ncc1CNCC(C)C. The monoisotopic (exact) mass is 250 g/mol. The van der Waals surface area contributed by atoms with E-state index in [2.05, 4.69) is 47.9 Å². The van der Waals surface area contributed by atoms with E-state index in [4.69, 9.17) is 0 Å². The minimum Gasteiger partial charge on any atom is -0.341 e. The molecule has 0 spiro atoms. The van der Waals surface area contributed by atoms with E-state index < -0.39 is 0 Å². The fraction of sp³-hybridized carbons (Fsp3) is 0.714. The highest BCUT2D eigenvalue weighted by Gasteiger charge is 2.10. The molecule has 1 N–H and O–H groups in total. The van der Waals surface area contributed by atoms with Crippen LogP contribution in [-0.2, 0) is 6.54 Å². The Hall–Kier alpha value is -1.16. The zero-order chi connectivity index (χ0) is 13.7. The maximum atomic E-state index is 4.57. The van der Waals surface area contributed by atoms with Crippen molar-refractivity contribution in [3.63, 3.8) is 0 Å². The van der Waals surface area contributed by atoms with E-state index in [1.807, 2.05) is 20.2 Å². The van der Waals surface area contributed by atoms with Gasteiger partial charge in [-0.15, -0.1) is 0 Å². The van der Waals surface area contributed by atoms with Crippen LogP contribution in [0.25, 0.3) is 0 Å². The molecule has 0 fully saturated rings. The summed E-state index contributed by atoms with van der Waals surface area (Å²) in [6.45, 7) is 12.6. The van der Waals surface area contributed by atoms with Gasteiger partial charge in [0.05, 0.1) is 0 Å². The van der Waals surface area contributed by atoms with Crippen LogP contribution in [0.15, 0.2) is 6.20 Å². The van der Waals surface area contributed by atoms with Crippen LogP contribution in [0.1, 0.15) is 39.0 Å². The molecule has 0 aliphatic rings. The zero-order valence-corrected chi connectivity index (χ0v) is 12.5. The summed E-state index contributed by atoms with van der Waals surface area (Å²) in [7, 11) is 2.02. The summed E-state index contributed by atoms with van der Waals surface area (Å²) in [6, 6.07) is 0.411. The molecule has 0 aliphatic heterocycles. The van der Waals surface area contributed by atoms with Crippen molar-refractivity contribution in [2.24, 2.45) is 5.92 Å². The van der Waals surface area contributed by atoms with Crippen molar-refractivity contribution in [3.05, 3.63) is 17.5 Å². The van der Waals surface area contributed by atoms with Crippen molar-refractivity contribution >= 4 is 5.95 Å². The van der Waals surface area contributed by atoms with Crippen LogP contribution in [0.3, 0.4) is 0 Å². The summed E-state index contributed by atoms with van der Waals surface area (Å²) < 4.78 is 0. The van der Waals surface area contributed by atoms with Crippen LogP contribution in [-0.4, -0.2) is 29.6 Å². The average Bonchev–Trinajstić information content (AvgIpc) is 2.29. The van der Waals surface area contributed by atoms with Crippen molar-refractivity contribution in [1.82, 2.24) is 15.3 Å². The molecule has 0 atom stereocenters. The number of hydrogen-bond acceptors (Lipinski definition) is 4. The predicted octanol–water partition coefficient (Wildman–Crippen LogP) is 2.38. The Balaban J connectivity index is 2.68. The van der Waals surface area contributed by atoms with E-state index in [1.165, 1.54) is 5.56 Å². The van der Waals surface area contributed by atoms with Crippen molar-refractivity contribution in [2.75, 3.05) is 18.5 Å². The van der Waals surface area contributed by atoms with E-state index in [1.54, 1.807) is 0 Å². The number of hydrogen-bond donors (Lipinski definition) is 1. The predicted molar refractivity (Wildman–Crippen MR) is 76.9 cm³/mol. The maximum absolute atomic E-state index is 4.57. The van der Waals surface area contributed by atoms with E-state index >= 15 is 0 Å². The maximum Gasteiger partial charge on any atom is 0.225 e. The third-order valence-corrected chi connectivity index (χ3v) is 3.03. The molecule has 1 aromatic rings. The topological polar surface area (TPSA) is 41.1 Å². The first-order chi connectivity index (χ1) is 8.41. The third kappa shape index (κ3) is 4.26. The molecule has 0 radical (unpaired) electrons. The molecule has 0 saturated carbocycles. The first kappa shape index (κ1) is 14.9. The molecule has 18 heavy (non-hydrogen) atoms. The van der Waals surface area contributed by atoms with Gasteiger partial charge in [-0.05, 0) is 33.2 Å². The molecule has 1 rings (SSSR count). The Labute approximate surface area is 111 Å². The normalized spacial score (nSPS) is 11.3. The molecule has 0 unspecified atom stereocenters. The van der Waals surface area contributed by atoms with Gasteiger partial charge in [-0.2, -0.15) is 0 Å². The largest absolute Gasteiger partial charge is 0.341 e. The van der Waals surface area contributed by atoms with E-state index in [0.717, 1.165) is 24.7 Å². The van der Waals surface area contributed by atoms with E-state index in [9.17, 15) is 0 Å². The van der Waals surface area contributed by atoms with Crippen LogP contribution < -0.4 is 10.2 Å². The summed E-state index contributed by atoms with van der Waals surface area (Å²) in [6.07, 6.45) is 1.93. The first-order valence-electron chi connectivity index (χ1n) is 6.68. The zero-order valence-electron chi connectivity index (χ0n) is 12.5. The smallest absolute Gasteiger partial charge is 0.225 e. The number of nitrogens with one attached hydrogen (secondary N) is 1. The Morgan fingerprint density at radius 3 is 2.44 bits per heavy atom. The lowest BCUT2D eigenvalue weighted by Gasteiger charge is -2.22. The van der Waals surface area contributed by atoms with Gasteiger partial charge in [0.1, 0.15) is 0 Å². The molecule has 0 bridgehead atoms. The number of aromatic nitrogens is 2. The lowest BCUT2D eigenvalue weighted by molar-refractivity contribution is 0.550. The van der Waals surface area contributed by atoms with Gasteiger partial charge < -0.3 is 10.2 Å². The van der Waals surface area contributed by atoms with Crippen molar-refractivity contribution in [3.8, 4) is 0 Å². The van der Waals surface area contributed by atoms with Gasteiger partial charge in [-0.25, -0.2) is 9.97 Å². The van der Waals surface area contributed by atoms with Gasteiger partial charge in [0.2, 0.25) is 5.95 Å². The Morgan fingerprint density at radius 1 is 1.28 bits per heavy atom. The van der Waals surface area contributed by atoms with Gasteiger partial charge in [-0.1, -0.05) is 13.8 Å². The number of rotatable bonds is 6. The number of anilines is 1. The van der Waals surface area contributed by atoms with E-state index in [0.29, 0.717) is 12.0 Å². The average molecular weight is 250 g/mol. The Kier molecular flexibility index (Phi) is 5.54. The van der Waals surface area contributed by atoms with Crippen LogP contribution in [0.4, 0.5) is 5.95 Å². The minimum atomic E-state index is 0.411. The van der Waals surface area contributed by atoms with Crippen LogP contribution in [0, 0.1) is 12.8 Å². The highest BCUT2D eigenvalue weighted by Crippen LogP contribution is 2.12. The molecule has 102 valence electrons. The highest BCUT2D eigenvalue weighted by atomic mass is 15.2. The number of nitrogens with zero attached hydrogens (tertiary/aromatic N) is 3. The molecule has 0 aromatic carbocycles. The lowest BCUT2D eigenvalue weighted by atomic mass is 10.2. The van der Waals surface area contributed by atoms with Gasteiger partial charge in [0.15, 0.2) is 0 Å². The summed E-state index contributed by atoms with van der Waals surface area (Å²) in [4.78, 5) is 11.1. The van der Waals surface area contributed by atoms with Crippen LogP contribution >= 0.6 is 0 Å². The summed E-state index contributed by atoms with van der Waals surface area (Å²) >= 11 is 0. The van der Waals surface area contributed by atoms with Crippen molar-refractivity contribution in [2.45, 2.75) is 47.2 Å². The molecular formula is C14H26N4. The molecule has 1 heterocycles. The van der Waals surface area contributed by atoms with E-state index in [-0.39, 0.29) is 0 Å². The van der Waals surface area contributed by atoms with Gasteiger partial charge in [0, 0.05) is 37.1 Å². The van der Waals surface area contributed by atoms with Crippen molar-refractivity contribution < 1.29 is 0 Å². The lowest BCUT2D eigenvalue weighted by Crippen LogP contribution is -2.28. The molecule has 0 amide bonds. The molecule has 0 saturated heterocycles. The Bertz CT molecular complexity index is 374. The van der Waals surface area contributed by atoms with Gasteiger partial charge in [-0.3, -0.25) is 0 Å². The standard InChI is InChI=1S/C14H26N4/c1-10(2)7-15-8-13-9-16-14(17-12(13)5)18(6)11(3)4/h9-11,15H,7-8H2,1-6H3. The summed E-state index contributed by atoms with van der Waals surface area (Å²) in [5.74, 6) is 1.47. The molecule has 0 aliphatic carbocycles. The molecule has 1 aromatic heterocycles. The summed E-state index contributed by atoms with van der Waals surface area (Å²) in [5, 5.41) is 3.42. The van der Waals surface area contributed by atoms with Gasteiger partial charge >= 0.3 is 0 Å². The molecule has 4 nitrogen and oxygen atoms in total. The van der Waals surface area contributed by atoms with Crippen LogP contribution in [0.5, 0.6) is 0 Å². The second-order valence-corrected chi connectivity index (χ2v) is 5.51. The third-order valence-electron chi connectivity index (χ3n) is 3.03. The molecule has 4 heteroatoms. The second kappa shape index (κ2) is 6.69. The first-order valence-corrected chi connectivity index (χ1v) is 6.68. The quantitative estimate of drug-likeness (QED) is 0.841. The minimum absolute atomic E-state index is 0.411. The summed E-state index contributed by atoms with van der Waals surface area (Å²) in [5.41, 5.74) is 2.24. The van der Waals surface area contributed by atoms with Crippen LogP contribution in [0.2, 0.25) is 0 Å². The highest BCUT2D eigenvalue weighted by molar-refractivity contribution is 5.32. The molecular weight excluding hydrogens is 224 g/mol. The Morgan fingerprint density at radius 2 is 1.94 bits per heavy atom. The second-order valence-electron chi connectivity index (χ2n) is 5.51. The van der Waals surface area contributed by atoms with Crippen molar-refractivity contribution in [1.29, 1.82) is 0 Å². The fourth-order valence-corrected chi connectivity index (χ4v) is 1.55.